The van der Waals surface area contributed by atoms with Gasteiger partial charge in [-0.1, -0.05) is 49.2 Å². The summed E-state index contributed by atoms with van der Waals surface area (Å²) in [4.78, 5) is 57.0. The van der Waals surface area contributed by atoms with Crippen LogP contribution in [0.25, 0.3) is 33.6 Å². The van der Waals surface area contributed by atoms with Crippen molar-refractivity contribution in [2.45, 2.75) is 58.2 Å². The predicted octanol–water partition coefficient (Wildman–Crippen LogP) is 4.87. The fourth-order valence-corrected chi connectivity index (χ4v) is 7.27. The van der Waals surface area contributed by atoms with Crippen LogP contribution in [0.15, 0.2) is 54.9 Å². The standard InChI is InChI=1S/C38H44N8O4/c1-5-7-26-17-27(32-20-41-37(44-32)36-28-12-14-29(18-28)46(36)35(48)21-39-3)13-15-30(26)24-8-10-25(11-9-24)31-19-40-33(43-31)23-45(16-6-2)34(47)22-42-38(49)50-4/h8-11,13,15,17,19-20,28-29,36,39H,6,12,14,16,18,21-23H2,1-4H3,(H,40,43)(H,41,44)(H,42,49)/t28-,29+,36-/m0/s1. The Kier molecular flexibility index (Phi) is 10.6. The van der Waals surface area contributed by atoms with Gasteiger partial charge in [0.05, 0.1) is 50.0 Å². The summed E-state index contributed by atoms with van der Waals surface area (Å²) in [5.41, 5.74) is 6.64. The Balaban J connectivity index is 1.17. The first-order valence-corrected chi connectivity index (χ1v) is 17.2. The lowest BCUT2D eigenvalue weighted by Crippen LogP contribution is -2.44. The largest absolute Gasteiger partial charge is 0.453 e. The van der Waals surface area contributed by atoms with Gasteiger partial charge in [-0.3, -0.25) is 9.59 Å². The molecule has 3 amide bonds. The predicted molar refractivity (Wildman–Crippen MR) is 190 cm³/mol. The molecule has 12 nitrogen and oxygen atoms in total. The number of imidazole rings is 2. The van der Waals surface area contributed by atoms with E-state index in [0.29, 0.717) is 37.4 Å². The van der Waals surface area contributed by atoms with Crippen LogP contribution in [0.1, 0.15) is 62.8 Å². The molecule has 3 atom stereocenters. The maximum atomic E-state index is 13.0. The zero-order valence-electron chi connectivity index (χ0n) is 29.0. The number of benzene rings is 2. The van der Waals surface area contributed by atoms with E-state index < -0.39 is 6.09 Å². The van der Waals surface area contributed by atoms with Gasteiger partial charge in [0.15, 0.2) is 0 Å². The number of aromatic nitrogens is 4. The fourth-order valence-electron chi connectivity index (χ4n) is 7.27. The number of aromatic amines is 2. The highest BCUT2D eigenvalue weighted by atomic mass is 16.5. The number of fused-ring (bicyclic) bond motifs is 2. The second kappa shape index (κ2) is 15.4. The van der Waals surface area contributed by atoms with Gasteiger partial charge in [-0.2, -0.15) is 0 Å². The van der Waals surface area contributed by atoms with Crippen molar-refractivity contribution in [3.05, 3.63) is 72.1 Å². The molecule has 6 rings (SSSR count). The minimum absolute atomic E-state index is 0.0184. The highest BCUT2D eigenvalue weighted by Crippen LogP contribution is 2.49. The number of nitrogens with one attached hydrogen (secondary N) is 4. The van der Waals surface area contributed by atoms with Gasteiger partial charge in [-0.05, 0) is 68.3 Å². The minimum Gasteiger partial charge on any atom is -0.453 e. The number of piperidine rings is 1. The molecule has 1 saturated carbocycles. The van der Waals surface area contributed by atoms with E-state index in [0.717, 1.165) is 70.7 Å². The van der Waals surface area contributed by atoms with Crippen LogP contribution in [0.5, 0.6) is 0 Å². The normalized spacial score (nSPS) is 17.7. The van der Waals surface area contributed by atoms with Gasteiger partial charge in [0.25, 0.3) is 0 Å². The van der Waals surface area contributed by atoms with Crippen LogP contribution in [0.2, 0.25) is 0 Å². The molecule has 4 N–H and O–H groups in total. The summed E-state index contributed by atoms with van der Waals surface area (Å²) in [5.74, 6) is 8.20. The Bertz CT molecular complexity index is 1900. The van der Waals surface area contributed by atoms with Gasteiger partial charge in [0.2, 0.25) is 11.8 Å². The van der Waals surface area contributed by atoms with E-state index in [9.17, 15) is 14.4 Å². The molecule has 1 saturated heterocycles. The molecule has 0 spiro atoms. The summed E-state index contributed by atoms with van der Waals surface area (Å²) in [6, 6.07) is 14.7. The van der Waals surface area contributed by atoms with Crippen LogP contribution in [-0.4, -0.2) is 87.5 Å². The van der Waals surface area contributed by atoms with Crippen LogP contribution in [0, 0.1) is 17.8 Å². The third kappa shape index (κ3) is 7.28. The van der Waals surface area contributed by atoms with Crippen molar-refractivity contribution in [3.8, 4) is 45.5 Å². The molecule has 2 fully saturated rings. The van der Waals surface area contributed by atoms with Crippen LogP contribution >= 0.6 is 0 Å². The number of H-pyrrole nitrogens is 2. The van der Waals surface area contributed by atoms with Crippen LogP contribution in [0.4, 0.5) is 4.79 Å². The van der Waals surface area contributed by atoms with Gasteiger partial charge in [-0.15, -0.1) is 5.92 Å². The number of likely N-dealkylation sites (N-methyl/N-ethyl adjacent to an activating group) is 1. The molecule has 1 aliphatic heterocycles. The van der Waals surface area contributed by atoms with Crippen molar-refractivity contribution in [1.29, 1.82) is 0 Å². The van der Waals surface area contributed by atoms with Crippen molar-refractivity contribution in [2.24, 2.45) is 5.92 Å². The molecular formula is C38H44N8O4. The number of ether oxygens (including phenoxy) is 1. The maximum Gasteiger partial charge on any atom is 0.407 e. The Morgan fingerprint density at radius 1 is 1.00 bits per heavy atom. The van der Waals surface area contributed by atoms with E-state index in [1.807, 2.05) is 44.1 Å². The number of hydrogen-bond acceptors (Lipinski definition) is 7. The summed E-state index contributed by atoms with van der Waals surface area (Å²) in [5, 5.41) is 5.46. The Morgan fingerprint density at radius 2 is 1.74 bits per heavy atom. The lowest BCUT2D eigenvalue weighted by Gasteiger charge is -2.34. The molecular weight excluding hydrogens is 632 g/mol. The monoisotopic (exact) mass is 676 g/mol. The van der Waals surface area contributed by atoms with E-state index in [4.69, 9.17) is 4.98 Å². The topological polar surface area (TPSA) is 148 Å². The smallest absolute Gasteiger partial charge is 0.407 e. The van der Waals surface area contributed by atoms with Crippen molar-refractivity contribution in [3.63, 3.8) is 0 Å². The molecule has 0 radical (unpaired) electrons. The molecule has 2 aliphatic rings. The van der Waals surface area contributed by atoms with Gasteiger partial charge in [0, 0.05) is 23.7 Å². The maximum absolute atomic E-state index is 13.0. The minimum atomic E-state index is -0.645. The average Bonchev–Trinajstić information content (AvgIpc) is 3.96. The summed E-state index contributed by atoms with van der Waals surface area (Å²) >= 11 is 0. The number of methoxy groups -OCH3 is 1. The quantitative estimate of drug-likeness (QED) is 0.157. The molecule has 2 aromatic carbocycles. The molecule has 12 heteroatoms. The average molecular weight is 677 g/mol. The molecule has 3 heterocycles. The fraction of sp³-hybridized carbons (Fsp3) is 0.395. The van der Waals surface area contributed by atoms with Gasteiger partial charge < -0.3 is 35.1 Å². The number of hydrogen-bond donors (Lipinski definition) is 4. The Morgan fingerprint density at radius 3 is 2.48 bits per heavy atom. The van der Waals surface area contributed by atoms with Crippen molar-refractivity contribution < 1.29 is 19.1 Å². The van der Waals surface area contributed by atoms with E-state index in [1.54, 1.807) is 11.1 Å². The number of likely N-dealkylation sites (tertiary alicyclic amines) is 1. The molecule has 2 aromatic heterocycles. The SMILES string of the molecule is CC#Cc1cc(-c2cnc([C@@H]3[C@H]4CC[C@H](C4)N3C(=O)CNC)[nH]2)ccc1-c1ccc(-c2cnc(CN(CCC)C(=O)CNC(=O)OC)[nH]2)cc1. The second-order valence-electron chi connectivity index (χ2n) is 12.8. The molecule has 4 aromatic rings. The Labute approximate surface area is 292 Å². The van der Waals surface area contributed by atoms with E-state index >= 15 is 0 Å². The number of alkyl carbamates (subject to hydrolysis) is 1. The van der Waals surface area contributed by atoms with Crippen molar-refractivity contribution in [1.82, 2.24) is 40.4 Å². The van der Waals surface area contributed by atoms with Crippen LogP contribution in [-0.2, 0) is 20.9 Å². The number of carbonyl (C=O) groups excluding carboxylic acids is 3. The lowest BCUT2D eigenvalue weighted by molar-refractivity contribution is -0.135. The first-order valence-electron chi connectivity index (χ1n) is 17.2. The van der Waals surface area contributed by atoms with Crippen LogP contribution < -0.4 is 10.6 Å². The first kappa shape index (κ1) is 34.5. The third-order valence-corrected chi connectivity index (χ3v) is 9.56. The van der Waals surface area contributed by atoms with Crippen molar-refractivity contribution >= 4 is 17.9 Å². The van der Waals surface area contributed by atoms with Gasteiger partial charge in [0.1, 0.15) is 18.2 Å². The first-order chi connectivity index (χ1) is 24.3. The number of rotatable bonds is 12. The highest BCUT2D eigenvalue weighted by molar-refractivity contribution is 5.82. The lowest BCUT2D eigenvalue weighted by atomic mass is 9.96. The molecule has 2 bridgehead atoms. The molecule has 50 heavy (non-hydrogen) atoms. The summed E-state index contributed by atoms with van der Waals surface area (Å²) in [7, 11) is 3.07. The number of carbonyl (C=O) groups is 3. The van der Waals surface area contributed by atoms with E-state index in [1.165, 1.54) is 7.11 Å². The third-order valence-electron chi connectivity index (χ3n) is 9.56. The van der Waals surface area contributed by atoms with E-state index in [-0.39, 0.29) is 24.4 Å². The van der Waals surface area contributed by atoms with Crippen molar-refractivity contribution in [2.75, 3.05) is 33.8 Å². The summed E-state index contributed by atoms with van der Waals surface area (Å²) in [6.45, 7) is 4.84. The molecule has 0 unspecified atom stereocenters. The molecule has 1 aliphatic carbocycles. The molecule has 260 valence electrons. The Hall–Kier alpha value is -5.41. The van der Waals surface area contributed by atoms with Crippen LogP contribution in [0.3, 0.4) is 0 Å². The van der Waals surface area contributed by atoms with E-state index in [2.05, 4.69) is 72.5 Å². The summed E-state index contributed by atoms with van der Waals surface area (Å²) < 4.78 is 4.57. The van der Waals surface area contributed by atoms with Gasteiger partial charge >= 0.3 is 6.09 Å². The number of amides is 3. The van der Waals surface area contributed by atoms with Gasteiger partial charge in [-0.25, -0.2) is 14.8 Å². The second-order valence-corrected chi connectivity index (χ2v) is 12.8. The summed E-state index contributed by atoms with van der Waals surface area (Å²) in [6.07, 6.45) is 6.98. The zero-order valence-corrected chi connectivity index (χ0v) is 29.0. The zero-order chi connectivity index (χ0) is 35.2. The number of nitrogens with zero attached hydrogens (tertiary/aromatic N) is 4. The highest BCUT2D eigenvalue weighted by Gasteiger charge is 2.49.